The summed E-state index contributed by atoms with van der Waals surface area (Å²) in [4.78, 5) is 0. The Kier molecular flexibility index (Phi) is 0.482. The first-order valence-electron chi connectivity index (χ1n) is 2.80. The van der Waals surface area contributed by atoms with Gasteiger partial charge in [0, 0.05) is 18.5 Å². The number of rotatable bonds is 0. The SMILES string of the molecule is C1=CC2(C1)CNC2. The Morgan fingerprint density at radius 1 is 1.43 bits per heavy atom. The molecule has 1 heteroatoms. The lowest BCUT2D eigenvalue weighted by atomic mass is 9.71. The van der Waals surface area contributed by atoms with E-state index in [1.807, 2.05) is 0 Å². The van der Waals surface area contributed by atoms with Crippen LogP contribution in [0.4, 0.5) is 0 Å². The van der Waals surface area contributed by atoms with Crippen LogP contribution in [0, 0.1) is 5.41 Å². The lowest BCUT2D eigenvalue weighted by Gasteiger charge is -2.44. The summed E-state index contributed by atoms with van der Waals surface area (Å²) in [6.45, 7) is 2.45. The van der Waals surface area contributed by atoms with Crippen molar-refractivity contribution >= 4 is 0 Å². The highest BCUT2D eigenvalue weighted by Gasteiger charge is 2.37. The molecule has 0 saturated carbocycles. The number of nitrogens with one attached hydrogen (secondary N) is 1. The zero-order valence-corrected chi connectivity index (χ0v) is 4.28. The lowest BCUT2D eigenvalue weighted by Crippen LogP contribution is -2.54. The fourth-order valence-electron chi connectivity index (χ4n) is 1.16. The zero-order chi connectivity index (χ0) is 4.74. The van der Waals surface area contributed by atoms with E-state index in [4.69, 9.17) is 0 Å². The van der Waals surface area contributed by atoms with Gasteiger partial charge in [0.2, 0.25) is 0 Å². The van der Waals surface area contributed by atoms with E-state index in [1.54, 1.807) is 0 Å². The molecule has 1 heterocycles. The van der Waals surface area contributed by atoms with Gasteiger partial charge in [0.25, 0.3) is 0 Å². The van der Waals surface area contributed by atoms with Crippen LogP contribution in [0.5, 0.6) is 0 Å². The smallest absolute Gasteiger partial charge is 0.0166 e. The maximum atomic E-state index is 3.25. The molecule has 0 unspecified atom stereocenters. The molecular weight excluding hydrogens is 86.1 g/mol. The summed E-state index contributed by atoms with van der Waals surface area (Å²) in [5, 5.41) is 3.25. The van der Waals surface area contributed by atoms with Gasteiger partial charge in [0.15, 0.2) is 0 Å². The van der Waals surface area contributed by atoms with Crippen molar-refractivity contribution in [2.75, 3.05) is 13.1 Å². The Balaban J connectivity index is 2.15. The van der Waals surface area contributed by atoms with Gasteiger partial charge in [-0.3, -0.25) is 0 Å². The molecule has 2 rings (SSSR count). The number of hydrogen-bond donors (Lipinski definition) is 1. The summed E-state index contributed by atoms with van der Waals surface area (Å²) in [5.74, 6) is 0. The average molecular weight is 95.1 g/mol. The Morgan fingerprint density at radius 2 is 2.14 bits per heavy atom. The maximum absolute atomic E-state index is 3.25. The van der Waals surface area contributed by atoms with Crippen molar-refractivity contribution in [3.8, 4) is 0 Å². The van der Waals surface area contributed by atoms with Crippen molar-refractivity contribution in [2.24, 2.45) is 5.41 Å². The van der Waals surface area contributed by atoms with Crippen LogP contribution >= 0.6 is 0 Å². The van der Waals surface area contributed by atoms with Gasteiger partial charge in [-0.05, 0) is 6.42 Å². The molecule has 1 aliphatic heterocycles. The monoisotopic (exact) mass is 95.1 g/mol. The molecular formula is C6H9N. The Labute approximate surface area is 43.4 Å². The van der Waals surface area contributed by atoms with Crippen LogP contribution < -0.4 is 5.32 Å². The summed E-state index contributed by atoms with van der Waals surface area (Å²) >= 11 is 0. The van der Waals surface area contributed by atoms with E-state index in [9.17, 15) is 0 Å². The maximum Gasteiger partial charge on any atom is 0.0166 e. The number of hydrogen-bond acceptors (Lipinski definition) is 1. The van der Waals surface area contributed by atoms with Gasteiger partial charge in [0.05, 0.1) is 0 Å². The van der Waals surface area contributed by atoms with Gasteiger partial charge in [-0.2, -0.15) is 0 Å². The molecule has 38 valence electrons. The molecule has 0 radical (unpaired) electrons. The molecule has 7 heavy (non-hydrogen) atoms. The summed E-state index contributed by atoms with van der Waals surface area (Å²) < 4.78 is 0. The molecule has 0 bridgehead atoms. The fraction of sp³-hybridized carbons (Fsp3) is 0.667. The molecule has 0 aromatic rings. The normalized spacial score (nSPS) is 32.0. The van der Waals surface area contributed by atoms with Gasteiger partial charge in [-0.1, -0.05) is 12.2 Å². The second-order valence-corrected chi connectivity index (χ2v) is 2.57. The van der Waals surface area contributed by atoms with Crippen molar-refractivity contribution in [3.05, 3.63) is 12.2 Å². The molecule has 1 fully saturated rings. The highest BCUT2D eigenvalue weighted by atomic mass is 15.0. The molecule has 1 spiro atoms. The van der Waals surface area contributed by atoms with E-state index in [0.29, 0.717) is 5.41 Å². The Morgan fingerprint density at radius 3 is 2.14 bits per heavy atom. The molecule has 1 saturated heterocycles. The molecule has 0 aromatic carbocycles. The topological polar surface area (TPSA) is 12.0 Å². The minimum absolute atomic E-state index is 0.653. The van der Waals surface area contributed by atoms with E-state index in [-0.39, 0.29) is 0 Å². The summed E-state index contributed by atoms with van der Waals surface area (Å²) in [5.41, 5.74) is 0.653. The van der Waals surface area contributed by atoms with Crippen LogP contribution in [0.25, 0.3) is 0 Å². The fourth-order valence-corrected chi connectivity index (χ4v) is 1.16. The van der Waals surface area contributed by atoms with Gasteiger partial charge in [-0.25, -0.2) is 0 Å². The molecule has 0 atom stereocenters. The van der Waals surface area contributed by atoms with Gasteiger partial charge >= 0.3 is 0 Å². The van der Waals surface area contributed by atoms with E-state index in [1.165, 1.54) is 19.5 Å². The molecule has 0 amide bonds. The molecule has 1 nitrogen and oxygen atoms in total. The van der Waals surface area contributed by atoms with Crippen molar-refractivity contribution < 1.29 is 0 Å². The highest BCUT2D eigenvalue weighted by molar-refractivity contribution is 5.18. The van der Waals surface area contributed by atoms with Crippen LogP contribution in [0.1, 0.15) is 6.42 Å². The van der Waals surface area contributed by atoms with Crippen molar-refractivity contribution in [3.63, 3.8) is 0 Å². The minimum atomic E-state index is 0.653. The second-order valence-electron chi connectivity index (χ2n) is 2.57. The predicted molar refractivity (Wildman–Crippen MR) is 29.1 cm³/mol. The predicted octanol–water partition coefficient (Wildman–Crippen LogP) is 0.536. The van der Waals surface area contributed by atoms with E-state index < -0.39 is 0 Å². The Hall–Kier alpha value is -0.300. The third-order valence-corrected chi connectivity index (χ3v) is 1.95. The Bertz CT molecular complexity index is 111. The summed E-state index contributed by atoms with van der Waals surface area (Å²) in [6.07, 6.45) is 5.89. The van der Waals surface area contributed by atoms with Gasteiger partial charge < -0.3 is 5.32 Å². The van der Waals surface area contributed by atoms with Gasteiger partial charge in [0.1, 0.15) is 0 Å². The minimum Gasteiger partial charge on any atom is -0.315 e. The lowest BCUT2D eigenvalue weighted by molar-refractivity contribution is 0.217. The molecule has 2 aliphatic rings. The number of allylic oxidation sites excluding steroid dienone is 1. The summed E-state index contributed by atoms with van der Waals surface area (Å²) in [7, 11) is 0. The first-order valence-corrected chi connectivity index (χ1v) is 2.80. The third-order valence-electron chi connectivity index (χ3n) is 1.95. The summed E-state index contributed by atoms with van der Waals surface area (Å²) in [6, 6.07) is 0. The van der Waals surface area contributed by atoms with Crippen LogP contribution in [-0.4, -0.2) is 13.1 Å². The van der Waals surface area contributed by atoms with E-state index in [0.717, 1.165) is 0 Å². The van der Waals surface area contributed by atoms with Crippen LogP contribution in [0.3, 0.4) is 0 Å². The zero-order valence-electron chi connectivity index (χ0n) is 4.28. The highest BCUT2D eigenvalue weighted by Crippen LogP contribution is 2.36. The second kappa shape index (κ2) is 0.920. The van der Waals surface area contributed by atoms with Crippen molar-refractivity contribution in [1.29, 1.82) is 0 Å². The molecule has 1 N–H and O–H groups in total. The molecule has 1 aliphatic carbocycles. The van der Waals surface area contributed by atoms with Gasteiger partial charge in [-0.15, -0.1) is 0 Å². The van der Waals surface area contributed by atoms with Crippen LogP contribution in [0.15, 0.2) is 12.2 Å². The third kappa shape index (κ3) is 0.317. The van der Waals surface area contributed by atoms with Crippen molar-refractivity contribution in [1.82, 2.24) is 5.32 Å². The largest absolute Gasteiger partial charge is 0.315 e. The first-order chi connectivity index (χ1) is 3.41. The first kappa shape index (κ1) is 3.67. The van der Waals surface area contributed by atoms with Crippen LogP contribution in [0.2, 0.25) is 0 Å². The quantitative estimate of drug-likeness (QED) is 0.433. The standard InChI is InChI=1S/C6H9N/c1-2-6(3-1)4-7-5-6/h1-2,7H,3-5H2. The molecule has 0 aromatic heterocycles. The van der Waals surface area contributed by atoms with E-state index in [2.05, 4.69) is 17.5 Å². The average Bonchev–Trinajstić information content (AvgIpc) is 1.20. The van der Waals surface area contributed by atoms with Crippen molar-refractivity contribution in [2.45, 2.75) is 6.42 Å². The van der Waals surface area contributed by atoms with Crippen LogP contribution in [-0.2, 0) is 0 Å². The van der Waals surface area contributed by atoms with E-state index >= 15 is 0 Å².